The molecule has 1 heterocycles. The second kappa shape index (κ2) is 8.82. The number of carbonyl (C=O) groups excluding carboxylic acids is 1. The van der Waals surface area contributed by atoms with E-state index in [1.54, 1.807) is 0 Å². The fourth-order valence-corrected chi connectivity index (χ4v) is 2.82. The number of carbonyl (C=O) groups is 1. The lowest BCUT2D eigenvalue weighted by molar-refractivity contribution is -0.122. The van der Waals surface area contributed by atoms with Gasteiger partial charge in [-0.1, -0.05) is 6.92 Å². The molecule has 1 saturated heterocycles. The van der Waals surface area contributed by atoms with Gasteiger partial charge in [-0.2, -0.15) is 0 Å². The first-order valence-corrected chi connectivity index (χ1v) is 8.11. The van der Waals surface area contributed by atoms with Gasteiger partial charge in [0.2, 0.25) is 5.91 Å². The van der Waals surface area contributed by atoms with E-state index >= 15 is 0 Å². The smallest absolute Gasteiger partial charge is 0.220 e. The van der Waals surface area contributed by atoms with Crippen LogP contribution < -0.4 is 15.4 Å². The summed E-state index contributed by atoms with van der Waals surface area (Å²) in [6, 6.07) is 3.37. The van der Waals surface area contributed by atoms with Crippen molar-refractivity contribution in [2.24, 2.45) is 11.8 Å². The average Bonchev–Trinajstić information content (AvgIpc) is 2.55. The lowest BCUT2D eigenvalue weighted by Crippen LogP contribution is -2.36. The maximum Gasteiger partial charge on any atom is 0.220 e. The van der Waals surface area contributed by atoms with Gasteiger partial charge in [0.05, 0.1) is 6.54 Å². The van der Waals surface area contributed by atoms with Gasteiger partial charge in [-0.15, -0.1) is 0 Å². The van der Waals surface area contributed by atoms with Crippen molar-refractivity contribution in [3.05, 3.63) is 29.8 Å². The van der Waals surface area contributed by atoms with Crippen molar-refractivity contribution in [1.82, 2.24) is 10.6 Å². The van der Waals surface area contributed by atoms with E-state index in [4.69, 9.17) is 4.74 Å². The van der Waals surface area contributed by atoms with Crippen LogP contribution in [-0.4, -0.2) is 32.1 Å². The number of nitrogens with one attached hydrogen (secondary N) is 2. The summed E-state index contributed by atoms with van der Waals surface area (Å²) >= 11 is 0. The monoisotopic (exact) mass is 326 g/mol. The molecule has 1 aliphatic heterocycles. The minimum Gasteiger partial charge on any atom is -0.492 e. The van der Waals surface area contributed by atoms with E-state index < -0.39 is 11.6 Å². The van der Waals surface area contributed by atoms with Gasteiger partial charge >= 0.3 is 0 Å². The zero-order valence-electron chi connectivity index (χ0n) is 13.4. The van der Waals surface area contributed by atoms with Crippen molar-refractivity contribution >= 4 is 5.91 Å². The first kappa shape index (κ1) is 17.7. The molecule has 128 valence electrons. The molecule has 2 rings (SSSR count). The van der Waals surface area contributed by atoms with Crippen molar-refractivity contribution in [3.63, 3.8) is 0 Å². The number of halogens is 2. The van der Waals surface area contributed by atoms with E-state index in [9.17, 15) is 13.6 Å². The van der Waals surface area contributed by atoms with Crippen LogP contribution >= 0.6 is 0 Å². The highest BCUT2D eigenvalue weighted by Gasteiger charge is 2.21. The van der Waals surface area contributed by atoms with Gasteiger partial charge in [0.1, 0.15) is 12.4 Å². The van der Waals surface area contributed by atoms with Crippen molar-refractivity contribution in [2.45, 2.75) is 26.2 Å². The Morgan fingerprint density at radius 2 is 2.26 bits per heavy atom. The number of hydrogen-bond donors (Lipinski definition) is 2. The third kappa shape index (κ3) is 5.78. The van der Waals surface area contributed by atoms with Crippen LogP contribution in [0.15, 0.2) is 18.2 Å². The Labute approximate surface area is 135 Å². The molecule has 2 unspecified atom stereocenters. The van der Waals surface area contributed by atoms with Gasteiger partial charge in [-0.05, 0) is 49.9 Å². The molecule has 2 N–H and O–H groups in total. The summed E-state index contributed by atoms with van der Waals surface area (Å²) in [6.45, 7) is 4.71. The Hall–Kier alpha value is -1.69. The number of piperidine rings is 1. The average molecular weight is 326 g/mol. The SMILES string of the molecule is CC(CC(=O)NCCOc1ccc(F)c(F)c1)C1CCCNC1. The first-order chi connectivity index (χ1) is 11.1. The third-order valence-corrected chi connectivity index (χ3v) is 4.23. The Morgan fingerprint density at radius 3 is 2.96 bits per heavy atom. The zero-order valence-corrected chi connectivity index (χ0v) is 13.4. The van der Waals surface area contributed by atoms with Gasteiger partial charge in [0.25, 0.3) is 0 Å². The Balaban J connectivity index is 1.63. The summed E-state index contributed by atoms with van der Waals surface area (Å²) in [5.41, 5.74) is 0. The summed E-state index contributed by atoms with van der Waals surface area (Å²) in [7, 11) is 0. The topological polar surface area (TPSA) is 50.4 Å². The minimum atomic E-state index is -0.943. The number of benzene rings is 1. The van der Waals surface area contributed by atoms with Crippen LogP contribution in [0.1, 0.15) is 26.2 Å². The van der Waals surface area contributed by atoms with Crippen LogP contribution in [0.4, 0.5) is 8.78 Å². The van der Waals surface area contributed by atoms with E-state index in [0.717, 1.165) is 25.2 Å². The Bertz CT molecular complexity index is 519. The predicted molar refractivity (Wildman–Crippen MR) is 84.2 cm³/mol. The van der Waals surface area contributed by atoms with E-state index in [0.29, 0.717) is 24.8 Å². The lowest BCUT2D eigenvalue weighted by atomic mass is 9.85. The molecule has 2 atom stereocenters. The van der Waals surface area contributed by atoms with E-state index in [1.807, 2.05) is 0 Å². The van der Waals surface area contributed by atoms with Crippen LogP contribution in [0.3, 0.4) is 0 Å². The Kier molecular flexibility index (Phi) is 6.77. The molecule has 0 spiro atoms. The standard InChI is InChI=1S/C17H24F2N2O2/c1-12(13-3-2-6-20-11-13)9-17(22)21-7-8-23-14-4-5-15(18)16(19)10-14/h4-5,10,12-13,20H,2-3,6-9,11H2,1H3,(H,21,22). The van der Waals surface area contributed by atoms with Crippen LogP contribution in [0.25, 0.3) is 0 Å². The molecular weight excluding hydrogens is 302 g/mol. The molecule has 1 aliphatic rings. The molecule has 0 aromatic heterocycles. The molecule has 1 aromatic rings. The van der Waals surface area contributed by atoms with Gasteiger partial charge in [0, 0.05) is 12.5 Å². The fourth-order valence-electron chi connectivity index (χ4n) is 2.82. The van der Waals surface area contributed by atoms with E-state index in [-0.39, 0.29) is 18.3 Å². The van der Waals surface area contributed by atoms with Crippen molar-refractivity contribution in [1.29, 1.82) is 0 Å². The molecule has 0 radical (unpaired) electrons. The highest BCUT2D eigenvalue weighted by Crippen LogP contribution is 2.22. The summed E-state index contributed by atoms with van der Waals surface area (Å²) in [4.78, 5) is 11.9. The highest BCUT2D eigenvalue weighted by atomic mass is 19.2. The molecule has 4 nitrogen and oxygen atoms in total. The van der Waals surface area contributed by atoms with Crippen LogP contribution in [-0.2, 0) is 4.79 Å². The van der Waals surface area contributed by atoms with Crippen molar-refractivity contribution in [3.8, 4) is 5.75 Å². The number of amides is 1. The van der Waals surface area contributed by atoms with Crippen molar-refractivity contribution in [2.75, 3.05) is 26.2 Å². The molecule has 1 amide bonds. The first-order valence-electron chi connectivity index (χ1n) is 8.11. The van der Waals surface area contributed by atoms with Crippen molar-refractivity contribution < 1.29 is 18.3 Å². The minimum absolute atomic E-state index is 0.00281. The van der Waals surface area contributed by atoms with Gasteiger partial charge in [0.15, 0.2) is 11.6 Å². The maximum atomic E-state index is 13.0. The fraction of sp³-hybridized carbons (Fsp3) is 0.588. The third-order valence-electron chi connectivity index (χ3n) is 4.23. The highest BCUT2D eigenvalue weighted by molar-refractivity contribution is 5.76. The summed E-state index contributed by atoms with van der Waals surface area (Å²) in [5, 5.41) is 6.16. The van der Waals surface area contributed by atoms with Gasteiger partial charge < -0.3 is 15.4 Å². The second-order valence-corrected chi connectivity index (χ2v) is 6.06. The second-order valence-electron chi connectivity index (χ2n) is 6.06. The Morgan fingerprint density at radius 1 is 1.43 bits per heavy atom. The van der Waals surface area contributed by atoms with Crippen LogP contribution in [0, 0.1) is 23.5 Å². The maximum absolute atomic E-state index is 13.0. The molecule has 1 fully saturated rings. The normalized spacial score (nSPS) is 19.2. The number of hydrogen-bond acceptors (Lipinski definition) is 3. The molecule has 0 bridgehead atoms. The number of ether oxygens (including phenoxy) is 1. The van der Waals surface area contributed by atoms with E-state index in [2.05, 4.69) is 17.6 Å². The van der Waals surface area contributed by atoms with Gasteiger partial charge in [-0.25, -0.2) is 8.78 Å². The zero-order chi connectivity index (χ0) is 16.7. The summed E-state index contributed by atoms with van der Waals surface area (Å²) in [6.07, 6.45) is 2.83. The molecule has 23 heavy (non-hydrogen) atoms. The number of rotatable bonds is 7. The molecular formula is C17H24F2N2O2. The summed E-state index contributed by atoms with van der Waals surface area (Å²) < 4.78 is 31.1. The quantitative estimate of drug-likeness (QED) is 0.757. The van der Waals surface area contributed by atoms with Gasteiger partial charge in [-0.3, -0.25) is 4.79 Å². The molecule has 0 saturated carbocycles. The molecule has 6 heteroatoms. The lowest BCUT2D eigenvalue weighted by Gasteiger charge is -2.28. The molecule has 1 aromatic carbocycles. The van der Waals surface area contributed by atoms with Crippen LogP contribution in [0.5, 0.6) is 5.75 Å². The summed E-state index contributed by atoms with van der Waals surface area (Å²) in [5.74, 6) is -0.710. The predicted octanol–water partition coefficient (Wildman–Crippen LogP) is 2.49. The molecule has 0 aliphatic carbocycles. The van der Waals surface area contributed by atoms with Crippen LogP contribution in [0.2, 0.25) is 0 Å². The van der Waals surface area contributed by atoms with E-state index in [1.165, 1.54) is 18.9 Å². The largest absolute Gasteiger partial charge is 0.492 e.